The number of pyridine rings is 1. The number of fused-ring (bicyclic) bond motifs is 4. The predicted molar refractivity (Wildman–Crippen MR) is 90.0 cm³/mol. The van der Waals surface area contributed by atoms with E-state index in [9.17, 15) is 0 Å². The largest absolute Gasteiger partial charge is 0.454 e. The Morgan fingerprint density at radius 2 is 1.74 bits per heavy atom. The van der Waals surface area contributed by atoms with Crippen LogP contribution in [-0.4, -0.2) is 15.2 Å². The summed E-state index contributed by atoms with van der Waals surface area (Å²) in [4.78, 5) is 4.53. The first-order valence-electron chi connectivity index (χ1n) is 7.39. The summed E-state index contributed by atoms with van der Waals surface area (Å²) in [7, 11) is 0. The molecule has 4 heteroatoms. The van der Waals surface area contributed by atoms with Crippen LogP contribution in [0, 0.1) is 0 Å². The fraction of sp³-hybridized carbons (Fsp3) is 0. The Bertz CT molecular complexity index is 1170. The Hall–Kier alpha value is -3.27. The number of furan rings is 1. The summed E-state index contributed by atoms with van der Waals surface area (Å²) in [5.74, 6) is 0. The predicted octanol–water partition coefficient (Wildman–Crippen LogP) is 4.59. The Kier molecular flexibility index (Phi) is 2.46. The van der Waals surface area contributed by atoms with E-state index in [1.165, 1.54) is 0 Å². The summed E-state index contributed by atoms with van der Waals surface area (Å²) in [6, 6.07) is 18.0. The molecule has 0 atom stereocenters. The summed E-state index contributed by atoms with van der Waals surface area (Å²) in [5, 5.41) is 11.6. The lowest BCUT2D eigenvalue weighted by Gasteiger charge is -2.05. The maximum atomic E-state index is 5.90. The fourth-order valence-corrected chi connectivity index (χ4v) is 3.07. The molecule has 0 saturated heterocycles. The quantitative estimate of drug-likeness (QED) is 0.454. The van der Waals surface area contributed by atoms with Gasteiger partial charge in [-0.25, -0.2) is 0 Å². The second-order valence-electron chi connectivity index (χ2n) is 5.41. The molecule has 0 aliphatic carbocycles. The number of hydrogen-bond acceptors (Lipinski definition) is 4. The van der Waals surface area contributed by atoms with Crippen molar-refractivity contribution < 1.29 is 4.42 Å². The zero-order valence-electron chi connectivity index (χ0n) is 12.1. The summed E-state index contributed by atoms with van der Waals surface area (Å²) < 4.78 is 5.90. The standard InChI is InChI=1S/C19H11N3O/c1-2-9-15-13(7-1)17-16(23-15)11-21-22-19(17)14-8-3-5-12-6-4-10-20-18(12)14/h1-11H. The topological polar surface area (TPSA) is 51.8 Å². The van der Waals surface area contributed by atoms with Crippen LogP contribution in [0.25, 0.3) is 44.1 Å². The molecule has 5 aromatic rings. The van der Waals surface area contributed by atoms with E-state index >= 15 is 0 Å². The van der Waals surface area contributed by atoms with Gasteiger partial charge in [0.15, 0.2) is 5.58 Å². The van der Waals surface area contributed by atoms with Gasteiger partial charge in [-0.3, -0.25) is 4.98 Å². The molecule has 5 rings (SSSR count). The van der Waals surface area contributed by atoms with Crippen LogP contribution in [0.15, 0.2) is 71.4 Å². The molecule has 0 saturated carbocycles. The number of hydrogen-bond donors (Lipinski definition) is 0. The van der Waals surface area contributed by atoms with Gasteiger partial charge in [0.1, 0.15) is 11.3 Å². The smallest absolute Gasteiger partial charge is 0.157 e. The summed E-state index contributed by atoms with van der Waals surface area (Å²) in [6.07, 6.45) is 3.46. The summed E-state index contributed by atoms with van der Waals surface area (Å²) in [6.45, 7) is 0. The Balaban J connectivity index is 1.96. The third-order valence-corrected chi connectivity index (χ3v) is 4.08. The van der Waals surface area contributed by atoms with Crippen molar-refractivity contribution in [2.45, 2.75) is 0 Å². The van der Waals surface area contributed by atoms with Gasteiger partial charge in [-0.05, 0) is 12.1 Å². The minimum atomic E-state index is 0.740. The minimum Gasteiger partial charge on any atom is -0.454 e. The SMILES string of the molecule is c1cnc2c(-c3nncc4oc5ccccc5c34)cccc2c1. The van der Waals surface area contributed by atoms with Gasteiger partial charge in [-0.1, -0.05) is 42.5 Å². The van der Waals surface area contributed by atoms with Crippen molar-refractivity contribution in [3.8, 4) is 11.3 Å². The number of rotatable bonds is 1. The van der Waals surface area contributed by atoms with Crippen molar-refractivity contribution in [2.75, 3.05) is 0 Å². The molecule has 0 aliphatic heterocycles. The van der Waals surface area contributed by atoms with Gasteiger partial charge in [-0.15, -0.1) is 5.10 Å². The zero-order chi connectivity index (χ0) is 15.2. The normalized spacial score (nSPS) is 11.5. The van der Waals surface area contributed by atoms with Crippen molar-refractivity contribution in [2.24, 2.45) is 0 Å². The molecule has 0 bridgehead atoms. The number of para-hydroxylation sites is 2. The maximum absolute atomic E-state index is 5.90. The molecule has 3 aromatic heterocycles. The average molecular weight is 297 g/mol. The van der Waals surface area contributed by atoms with Crippen molar-refractivity contribution in [1.29, 1.82) is 0 Å². The molecule has 2 aromatic carbocycles. The lowest BCUT2D eigenvalue weighted by atomic mass is 10.0. The monoisotopic (exact) mass is 297 g/mol. The Morgan fingerprint density at radius 1 is 0.826 bits per heavy atom. The second kappa shape index (κ2) is 4.61. The molecule has 3 heterocycles. The molecule has 0 amide bonds. The van der Waals surface area contributed by atoms with Crippen molar-refractivity contribution in [3.05, 3.63) is 67.0 Å². The van der Waals surface area contributed by atoms with Crippen LogP contribution >= 0.6 is 0 Å². The van der Waals surface area contributed by atoms with Gasteiger partial charge in [0.05, 0.1) is 17.1 Å². The first-order valence-corrected chi connectivity index (χ1v) is 7.39. The Morgan fingerprint density at radius 3 is 2.74 bits per heavy atom. The van der Waals surface area contributed by atoms with Crippen LogP contribution < -0.4 is 0 Å². The van der Waals surface area contributed by atoms with E-state index in [0.29, 0.717) is 0 Å². The fourth-order valence-electron chi connectivity index (χ4n) is 3.07. The third kappa shape index (κ3) is 1.75. The first-order chi connectivity index (χ1) is 11.4. The zero-order valence-corrected chi connectivity index (χ0v) is 12.1. The van der Waals surface area contributed by atoms with E-state index in [-0.39, 0.29) is 0 Å². The lowest BCUT2D eigenvalue weighted by molar-refractivity contribution is 0.665. The van der Waals surface area contributed by atoms with Gasteiger partial charge in [0, 0.05) is 22.5 Å². The van der Waals surface area contributed by atoms with Crippen LogP contribution in [0.5, 0.6) is 0 Å². The van der Waals surface area contributed by atoms with Gasteiger partial charge < -0.3 is 4.42 Å². The molecule has 0 unspecified atom stereocenters. The molecule has 0 spiro atoms. The number of benzene rings is 2. The van der Waals surface area contributed by atoms with E-state index < -0.39 is 0 Å². The number of nitrogens with zero attached hydrogens (tertiary/aromatic N) is 3. The molecular weight excluding hydrogens is 286 g/mol. The van der Waals surface area contributed by atoms with Gasteiger partial charge >= 0.3 is 0 Å². The van der Waals surface area contributed by atoms with Crippen molar-refractivity contribution in [3.63, 3.8) is 0 Å². The number of aromatic nitrogens is 3. The first kappa shape index (κ1) is 12.3. The summed E-state index contributed by atoms with van der Waals surface area (Å²) in [5.41, 5.74) is 4.27. The molecule has 0 fully saturated rings. The third-order valence-electron chi connectivity index (χ3n) is 4.08. The van der Waals surface area contributed by atoms with Gasteiger partial charge in [0.2, 0.25) is 0 Å². The van der Waals surface area contributed by atoms with E-state index in [0.717, 1.165) is 44.1 Å². The summed E-state index contributed by atoms with van der Waals surface area (Å²) >= 11 is 0. The second-order valence-corrected chi connectivity index (χ2v) is 5.41. The van der Waals surface area contributed by atoms with E-state index in [1.807, 2.05) is 54.6 Å². The molecule has 108 valence electrons. The highest BCUT2D eigenvalue weighted by Gasteiger charge is 2.16. The molecule has 0 aliphatic rings. The van der Waals surface area contributed by atoms with Crippen LogP contribution in [0.3, 0.4) is 0 Å². The highest BCUT2D eigenvalue weighted by molar-refractivity contribution is 6.13. The average Bonchev–Trinajstić information content (AvgIpc) is 3.00. The van der Waals surface area contributed by atoms with Crippen molar-refractivity contribution in [1.82, 2.24) is 15.2 Å². The van der Waals surface area contributed by atoms with Gasteiger partial charge in [0.25, 0.3) is 0 Å². The van der Waals surface area contributed by atoms with E-state index in [2.05, 4.69) is 15.2 Å². The minimum absolute atomic E-state index is 0.740. The van der Waals surface area contributed by atoms with Crippen LogP contribution in [-0.2, 0) is 0 Å². The maximum Gasteiger partial charge on any atom is 0.157 e. The Labute approximate surface area is 131 Å². The van der Waals surface area contributed by atoms with Crippen LogP contribution in [0.1, 0.15) is 0 Å². The van der Waals surface area contributed by atoms with Crippen LogP contribution in [0.2, 0.25) is 0 Å². The van der Waals surface area contributed by atoms with E-state index in [4.69, 9.17) is 4.42 Å². The molecule has 0 N–H and O–H groups in total. The van der Waals surface area contributed by atoms with Crippen LogP contribution in [0.4, 0.5) is 0 Å². The van der Waals surface area contributed by atoms with Crippen molar-refractivity contribution >= 4 is 32.8 Å². The highest BCUT2D eigenvalue weighted by atomic mass is 16.3. The van der Waals surface area contributed by atoms with Gasteiger partial charge in [-0.2, -0.15) is 5.10 Å². The molecule has 0 radical (unpaired) electrons. The molecule has 4 nitrogen and oxygen atoms in total. The molecular formula is C19H11N3O. The lowest BCUT2D eigenvalue weighted by Crippen LogP contribution is -1.90. The van der Waals surface area contributed by atoms with E-state index in [1.54, 1.807) is 12.4 Å². The highest BCUT2D eigenvalue weighted by Crippen LogP contribution is 2.36. The molecule has 23 heavy (non-hydrogen) atoms.